The van der Waals surface area contributed by atoms with E-state index in [0.29, 0.717) is 6.04 Å². The quantitative estimate of drug-likeness (QED) is 0.679. The number of hydrogen-bond donors (Lipinski definition) is 2. The van der Waals surface area contributed by atoms with E-state index in [9.17, 15) is 0 Å². The fraction of sp³-hybridized carbons (Fsp3) is 0.188. The Hall–Kier alpha value is -2.13. The molecular formula is C16H16N3+. The van der Waals surface area contributed by atoms with Crippen LogP contribution in [0.25, 0.3) is 10.9 Å². The molecule has 0 bridgehead atoms. The molecule has 3 heterocycles. The van der Waals surface area contributed by atoms with Gasteiger partial charge in [0.1, 0.15) is 0 Å². The van der Waals surface area contributed by atoms with E-state index in [0.717, 1.165) is 13.0 Å². The maximum atomic E-state index is 4.11. The van der Waals surface area contributed by atoms with Crippen LogP contribution in [-0.2, 0) is 6.42 Å². The Balaban J connectivity index is 1.91. The second kappa shape index (κ2) is 4.21. The Kier molecular flexibility index (Phi) is 2.38. The molecule has 0 amide bonds. The number of pyridine rings is 1. The van der Waals surface area contributed by atoms with Crippen molar-refractivity contribution in [3.8, 4) is 0 Å². The average Bonchev–Trinajstić information content (AvgIpc) is 2.87. The molecule has 0 aliphatic carbocycles. The summed E-state index contributed by atoms with van der Waals surface area (Å²) >= 11 is 0. The van der Waals surface area contributed by atoms with E-state index < -0.39 is 0 Å². The van der Waals surface area contributed by atoms with Crippen molar-refractivity contribution in [3.63, 3.8) is 0 Å². The van der Waals surface area contributed by atoms with Crippen molar-refractivity contribution in [1.29, 1.82) is 0 Å². The molecule has 3 aromatic rings. The number of aromatic amines is 1. The van der Waals surface area contributed by atoms with Crippen LogP contribution in [0.2, 0.25) is 0 Å². The van der Waals surface area contributed by atoms with Crippen molar-refractivity contribution in [2.45, 2.75) is 12.5 Å². The topological polar surface area (TPSA) is 45.3 Å². The number of benzene rings is 1. The normalized spacial score (nSPS) is 18.4. The second-order valence-electron chi connectivity index (χ2n) is 5.10. The van der Waals surface area contributed by atoms with E-state index in [2.05, 4.69) is 51.7 Å². The highest BCUT2D eigenvalue weighted by atomic mass is 15.0. The van der Waals surface area contributed by atoms with Gasteiger partial charge in [0.2, 0.25) is 0 Å². The van der Waals surface area contributed by atoms with Crippen LogP contribution in [0.1, 0.15) is 22.9 Å². The van der Waals surface area contributed by atoms with E-state index in [1.165, 1.54) is 27.7 Å². The van der Waals surface area contributed by atoms with Gasteiger partial charge in [0.15, 0.2) is 6.04 Å². The minimum absolute atomic E-state index is 0.374. The van der Waals surface area contributed by atoms with Crippen molar-refractivity contribution in [2.24, 2.45) is 0 Å². The van der Waals surface area contributed by atoms with Crippen LogP contribution in [0.4, 0.5) is 0 Å². The summed E-state index contributed by atoms with van der Waals surface area (Å²) in [7, 11) is 0. The molecule has 1 aliphatic rings. The molecule has 2 aromatic heterocycles. The molecule has 1 aliphatic heterocycles. The summed E-state index contributed by atoms with van der Waals surface area (Å²) in [6.45, 7) is 1.14. The number of para-hydroxylation sites is 1. The van der Waals surface area contributed by atoms with Gasteiger partial charge in [-0.3, -0.25) is 4.98 Å². The van der Waals surface area contributed by atoms with Crippen LogP contribution in [-0.4, -0.2) is 16.5 Å². The van der Waals surface area contributed by atoms with Crippen molar-refractivity contribution in [3.05, 3.63) is 65.6 Å². The molecule has 0 fully saturated rings. The van der Waals surface area contributed by atoms with E-state index >= 15 is 0 Å². The predicted octanol–water partition coefficient (Wildman–Crippen LogP) is 1.77. The number of nitrogens with two attached hydrogens (primary N) is 1. The first-order valence-corrected chi connectivity index (χ1v) is 6.76. The summed E-state index contributed by atoms with van der Waals surface area (Å²) in [5.41, 5.74) is 5.42. The van der Waals surface area contributed by atoms with Crippen molar-refractivity contribution in [1.82, 2.24) is 9.97 Å². The molecule has 19 heavy (non-hydrogen) atoms. The van der Waals surface area contributed by atoms with Crippen LogP contribution in [0, 0.1) is 0 Å². The van der Waals surface area contributed by atoms with Crippen molar-refractivity contribution < 1.29 is 5.32 Å². The Morgan fingerprint density at radius 2 is 1.95 bits per heavy atom. The first-order valence-electron chi connectivity index (χ1n) is 6.76. The van der Waals surface area contributed by atoms with Gasteiger partial charge < -0.3 is 10.3 Å². The standard InChI is InChI=1S/C16H15N3/c1-2-4-14-12(3-1)13-7-10-18-15(16(13)19-14)11-5-8-17-9-6-11/h1-6,8-9,15,18-19H,7,10H2/p+1/t15-/m0/s1. The van der Waals surface area contributed by atoms with Gasteiger partial charge in [-0.05, 0) is 23.8 Å². The van der Waals surface area contributed by atoms with Gasteiger partial charge >= 0.3 is 0 Å². The molecule has 0 spiro atoms. The Bertz CT molecular complexity index is 715. The van der Waals surface area contributed by atoms with Crippen molar-refractivity contribution >= 4 is 10.9 Å². The number of hydrogen-bond acceptors (Lipinski definition) is 1. The maximum Gasteiger partial charge on any atom is 0.153 e. The number of fused-ring (bicyclic) bond motifs is 3. The second-order valence-corrected chi connectivity index (χ2v) is 5.10. The van der Waals surface area contributed by atoms with Crippen molar-refractivity contribution in [2.75, 3.05) is 6.54 Å². The third kappa shape index (κ3) is 1.66. The van der Waals surface area contributed by atoms with Gasteiger partial charge in [-0.1, -0.05) is 18.2 Å². The summed E-state index contributed by atoms with van der Waals surface area (Å²) in [6, 6.07) is 13.2. The number of nitrogens with one attached hydrogen (secondary N) is 1. The highest BCUT2D eigenvalue weighted by Gasteiger charge is 2.28. The molecule has 3 nitrogen and oxygen atoms in total. The summed E-state index contributed by atoms with van der Waals surface area (Å²) in [6.07, 6.45) is 4.89. The SMILES string of the molecule is c1ccc2c3c([nH]c2c1)[C@H](c1ccncc1)[NH2+]CC3. The Labute approximate surface area is 111 Å². The van der Waals surface area contributed by atoms with E-state index in [1.807, 2.05) is 12.4 Å². The first-order chi connectivity index (χ1) is 9.43. The minimum atomic E-state index is 0.374. The monoisotopic (exact) mass is 250 g/mol. The fourth-order valence-electron chi connectivity index (χ4n) is 3.14. The lowest BCUT2D eigenvalue weighted by atomic mass is 9.95. The summed E-state index contributed by atoms with van der Waals surface area (Å²) in [5.74, 6) is 0. The third-order valence-corrected chi connectivity index (χ3v) is 4.02. The van der Waals surface area contributed by atoms with Gasteiger partial charge in [-0.2, -0.15) is 0 Å². The molecule has 1 atom stereocenters. The van der Waals surface area contributed by atoms with Crippen LogP contribution in [0.5, 0.6) is 0 Å². The van der Waals surface area contributed by atoms with E-state index in [-0.39, 0.29) is 0 Å². The first kappa shape index (κ1) is 10.8. The highest BCUT2D eigenvalue weighted by Crippen LogP contribution is 2.30. The minimum Gasteiger partial charge on any atom is -0.353 e. The Morgan fingerprint density at radius 1 is 1.11 bits per heavy atom. The molecule has 0 unspecified atom stereocenters. The smallest absolute Gasteiger partial charge is 0.153 e. The summed E-state index contributed by atoms with van der Waals surface area (Å²) < 4.78 is 0. The van der Waals surface area contributed by atoms with Gasteiger partial charge in [0.25, 0.3) is 0 Å². The molecule has 3 heteroatoms. The lowest BCUT2D eigenvalue weighted by molar-refractivity contribution is -0.690. The van der Waals surface area contributed by atoms with E-state index in [1.54, 1.807) is 0 Å². The highest BCUT2D eigenvalue weighted by molar-refractivity contribution is 5.85. The number of rotatable bonds is 1. The Morgan fingerprint density at radius 3 is 2.84 bits per heavy atom. The molecule has 3 N–H and O–H groups in total. The zero-order valence-corrected chi connectivity index (χ0v) is 10.6. The zero-order valence-electron chi connectivity index (χ0n) is 10.6. The molecular weight excluding hydrogens is 234 g/mol. The van der Waals surface area contributed by atoms with Crippen LogP contribution < -0.4 is 5.32 Å². The van der Waals surface area contributed by atoms with Gasteiger partial charge in [0, 0.05) is 35.3 Å². The number of quaternary nitrogens is 1. The lowest BCUT2D eigenvalue weighted by Crippen LogP contribution is -2.87. The summed E-state index contributed by atoms with van der Waals surface area (Å²) in [4.78, 5) is 7.73. The fourth-order valence-corrected chi connectivity index (χ4v) is 3.14. The summed E-state index contributed by atoms with van der Waals surface area (Å²) in [5, 5.41) is 3.79. The van der Waals surface area contributed by atoms with Crippen LogP contribution in [0.3, 0.4) is 0 Å². The van der Waals surface area contributed by atoms with Crippen LogP contribution >= 0.6 is 0 Å². The lowest BCUT2D eigenvalue weighted by Gasteiger charge is -2.21. The van der Waals surface area contributed by atoms with Gasteiger partial charge in [0.05, 0.1) is 12.2 Å². The van der Waals surface area contributed by atoms with E-state index in [4.69, 9.17) is 0 Å². The average molecular weight is 250 g/mol. The molecule has 1 aromatic carbocycles. The molecule has 0 radical (unpaired) electrons. The molecule has 0 saturated carbocycles. The predicted molar refractivity (Wildman–Crippen MR) is 74.9 cm³/mol. The molecule has 0 saturated heterocycles. The number of nitrogens with zero attached hydrogens (tertiary/aromatic N) is 1. The third-order valence-electron chi connectivity index (χ3n) is 4.02. The van der Waals surface area contributed by atoms with Gasteiger partial charge in [-0.25, -0.2) is 0 Å². The molecule has 4 rings (SSSR count). The van der Waals surface area contributed by atoms with Crippen LogP contribution in [0.15, 0.2) is 48.8 Å². The maximum absolute atomic E-state index is 4.11. The van der Waals surface area contributed by atoms with Gasteiger partial charge in [-0.15, -0.1) is 0 Å². The largest absolute Gasteiger partial charge is 0.353 e. The number of H-pyrrole nitrogens is 1. The zero-order chi connectivity index (χ0) is 12.7. The number of aromatic nitrogens is 2. The molecule has 94 valence electrons.